The van der Waals surface area contributed by atoms with Crippen molar-refractivity contribution < 1.29 is 9.59 Å². The monoisotopic (exact) mass is 339 g/mol. The molecule has 0 bridgehead atoms. The lowest BCUT2D eigenvalue weighted by molar-refractivity contribution is -0.133. The molecule has 1 aromatic carbocycles. The number of nitrogen functional groups attached to an aromatic ring is 1. The van der Waals surface area contributed by atoms with Gasteiger partial charge in [-0.05, 0) is 38.5 Å². The molecule has 1 aliphatic rings. The number of carbonyl (C=O) groups is 2. The van der Waals surface area contributed by atoms with Crippen LogP contribution in [0.3, 0.4) is 0 Å². The maximum Gasteiger partial charge on any atom is 0.255 e. The fourth-order valence-corrected chi connectivity index (χ4v) is 2.80. The van der Waals surface area contributed by atoms with Gasteiger partial charge >= 0.3 is 0 Å². The summed E-state index contributed by atoms with van der Waals surface area (Å²) in [5.41, 5.74) is 6.86. The van der Waals surface area contributed by atoms with Crippen molar-refractivity contribution >= 4 is 33.4 Å². The Hall–Kier alpha value is -1.56. The summed E-state index contributed by atoms with van der Waals surface area (Å²) in [5, 5.41) is 2.78. The molecule has 6 heteroatoms. The van der Waals surface area contributed by atoms with E-state index >= 15 is 0 Å². The minimum absolute atomic E-state index is 0.141. The Morgan fingerprint density at radius 2 is 2.10 bits per heavy atom. The van der Waals surface area contributed by atoms with Gasteiger partial charge in [0, 0.05) is 28.8 Å². The molecule has 0 spiro atoms. The second-order valence-corrected chi connectivity index (χ2v) is 6.35. The molecule has 1 heterocycles. The highest BCUT2D eigenvalue weighted by atomic mass is 79.9. The average Bonchev–Trinajstić information content (AvgIpc) is 2.36. The third kappa shape index (κ3) is 2.40. The Balaban J connectivity index is 2.44. The third-order valence-electron chi connectivity index (χ3n) is 3.74. The van der Waals surface area contributed by atoms with Crippen LogP contribution < -0.4 is 11.1 Å². The molecule has 1 aliphatic heterocycles. The van der Waals surface area contributed by atoms with Crippen molar-refractivity contribution in [1.29, 1.82) is 0 Å². The number of anilines is 1. The highest BCUT2D eigenvalue weighted by Gasteiger charge is 2.41. The molecule has 2 rings (SSSR count). The van der Waals surface area contributed by atoms with Gasteiger partial charge in [0.1, 0.15) is 5.54 Å². The summed E-state index contributed by atoms with van der Waals surface area (Å²) in [4.78, 5) is 26.3. The molecular formula is C14H18BrN3O2. The zero-order valence-corrected chi connectivity index (χ0v) is 13.4. The summed E-state index contributed by atoms with van der Waals surface area (Å²) in [6.45, 7) is 6.26. The maximum absolute atomic E-state index is 12.8. The summed E-state index contributed by atoms with van der Waals surface area (Å²) < 4.78 is 0.753. The summed E-state index contributed by atoms with van der Waals surface area (Å²) in [7, 11) is 0. The van der Waals surface area contributed by atoms with Crippen LogP contribution >= 0.6 is 15.9 Å². The van der Waals surface area contributed by atoms with Gasteiger partial charge in [0.25, 0.3) is 5.91 Å². The summed E-state index contributed by atoms with van der Waals surface area (Å²) in [6.07, 6.45) is 0. The largest absolute Gasteiger partial charge is 0.398 e. The van der Waals surface area contributed by atoms with Gasteiger partial charge in [-0.15, -0.1) is 0 Å². The molecule has 1 aromatic rings. The van der Waals surface area contributed by atoms with Crippen LogP contribution in [0, 0.1) is 6.92 Å². The van der Waals surface area contributed by atoms with E-state index in [1.807, 2.05) is 6.92 Å². The maximum atomic E-state index is 12.8. The van der Waals surface area contributed by atoms with Crippen molar-refractivity contribution in [2.75, 3.05) is 18.8 Å². The fraction of sp³-hybridized carbons (Fsp3) is 0.429. The summed E-state index contributed by atoms with van der Waals surface area (Å²) >= 11 is 3.35. The van der Waals surface area contributed by atoms with Crippen LogP contribution in [-0.4, -0.2) is 35.3 Å². The van der Waals surface area contributed by atoms with Crippen LogP contribution in [0.25, 0.3) is 0 Å². The number of rotatable bonds is 1. The number of amides is 2. The topological polar surface area (TPSA) is 75.4 Å². The lowest BCUT2D eigenvalue weighted by atomic mass is 9.96. The van der Waals surface area contributed by atoms with Crippen LogP contribution in [0.5, 0.6) is 0 Å². The number of carbonyl (C=O) groups excluding carboxylic acids is 2. The molecular weight excluding hydrogens is 322 g/mol. The van der Waals surface area contributed by atoms with E-state index in [0.717, 1.165) is 10.0 Å². The minimum Gasteiger partial charge on any atom is -0.398 e. The molecule has 0 saturated carbocycles. The second kappa shape index (κ2) is 5.09. The number of benzene rings is 1. The van der Waals surface area contributed by atoms with Gasteiger partial charge in [-0.3, -0.25) is 9.59 Å². The van der Waals surface area contributed by atoms with Crippen LogP contribution in [0.4, 0.5) is 5.69 Å². The van der Waals surface area contributed by atoms with Gasteiger partial charge in [0.2, 0.25) is 5.91 Å². The number of nitrogens with zero attached hydrogens (tertiary/aromatic N) is 1. The van der Waals surface area contributed by atoms with Crippen molar-refractivity contribution in [3.63, 3.8) is 0 Å². The predicted molar refractivity (Wildman–Crippen MR) is 81.4 cm³/mol. The van der Waals surface area contributed by atoms with E-state index in [0.29, 0.717) is 24.3 Å². The first-order chi connectivity index (χ1) is 9.25. The summed E-state index contributed by atoms with van der Waals surface area (Å²) in [6, 6.07) is 3.51. The molecule has 20 heavy (non-hydrogen) atoms. The average molecular weight is 340 g/mol. The Kier molecular flexibility index (Phi) is 3.77. The van der Waals surface area contributed by atoms with Gasteiger partial charge in [-0.2, -0.15) is 0 Å². The van der Waals surface area contributed by atoms with Crippen molar-refractivity contribution in [2.45, 2.75) is 26.3 Å². The molecule has 108 valence electrons. The summed E-state index contributed by atoms with van der Waals surface area (Å²) in [5.74, 6) is -0.312. The number of halogens is 1. The van der Waals surface area contributed by atoms with Crippen LogP contribution in [0.15, 0.2) is 16.6 Å². The zero-order chi connectivity index (χ0) is 15.1. The highest BCUT2D eigenvalue weighted by molar-refractivity contribution is 9.10. The molecule has 0 atom stereocenters. The number of piperazine rings is 1. The lowest BCUT2D eigenvalue weighted by Gasteiger charge is -2.41. The SMILES string of the molecule is Cc1c(N)cc(Br)cc1C(=O)N1CCNC(=O)C1(C)C. The Labute approximate surface area is 126 Å². The van der Waals surface area contributed by atoms with Crippen LogP contribution in [-0.2, 0) is 4.79 Å². The number of hydrogen-bond donors (Lipinski definition) is 2. The predicted octanol–water partition coefficient (Wildman–Crippen LogP) is 1.69. The smallest absolute Gasteiger partial charge is 0.255 e. The standard InChI is InChI=1S/C14H18BrN3O2/c1-8-10(6-9(15)7-11(8)16)12(19)18-5-4-17-13(20)14(18,2)3/h6-7H,4-5,16H2,1-3H3,(H,17,20). The van der Waals surface area contributed by atoms with Gasteiger partial charge in [0.05, 0.1) is 0 Å². The first-order valence-corrected chi connectivity index (χ1v) is 7.20. The molecule has 1 saturated heterocycles. The van der Waals surface area contributed by atoms with Crippen molar-refractivity contribution in [3.8, 4) is 0 Å². The Bertz CT molecular complexity index is 584. The molecule has 0 aromatic heterocycles. The molecule has 0 unspecified atom stereocenters. The molecule has 2 amide bonds. The molecule has 5 nitrogen and oxygen atoms in total. The second-order valence-electron chi connectivity index (χ2n) is 5.44. The minimum atomic E-state index is -0.862. The molecule has 0 aliphatic carbocycles. The third-order valence-corrected chi connectivity index (χ3v) is 4.20. The normalized spacial score (nSPS) is 17.8. The number of nitrogens with one attached hydrogen (secondary N) is 1. The van der Waals surface area contributed by atoms with Gasteiger partial charge in [-0.1, -0.05) is 15.9 Å². The van der Waals surface area contributed by atoms with E-state index in [1.165, 1.54) is 0 Å². The highest BCUT2D eigenvalue weighted by Crippen LogP contribution is 2.27. The Morgan fingerprint density at radius 1 is 1.45 bits per heavy atom. The van der Waals surface area contributed by atoms with E-state index in [-0.39, 0.29) is 11.8 Å². The van der Waals surface area contributed by atoms with Gasteiger partial charge in [-0.25, -0.2) is 0 Å². The lowest BCUT2D eigenvalue weighted by Crippen LogP contribution is -2.63. The number of nitrogens with two attached hydrogens (primary N) is 1. The van der Waals surface area contributed by atoms with Gasteiger partial charge in [0.15, 0.2) is 0 Å². The molecule has 3 N–H and O–H groups in total. The van der Waals surface area contributed by atoms with E-state index < -0.39 is 5.54 Å². The van der Waals surface area contributed by atoms with Crippen molar-refractivity contribution in [3.05, 3.63) is 27.7 Å². The van der Waals surface area contributed by atoms with E-state index in [2.05, 4.69) is 21.2 Å². The first kappa shape index (κ1) is 14.8. The quantitative estimate of drug-likeness (QED) is 0.764. The van der Waals surface area contributed by atoms with Crippen LogP contribution in [0.1, 0.15) is 29.8 Å². The zero-order valence-electron chi connectivity index (χ0n) is 11.8. The van der Waals surface area contributed by atoms with E-state index in [4.69, 9.17) is 5.73 Å². The van der Waals surface area contributed by atoms with E-state index in [9.17, 15) is 9.59 Å². The number of hydrogen-bond acceptors (Lipinski definition) is 3. The van der Waals surface area contributed by atoms with Crippen LogP contribution in [0.2, 0.25) is 0 Å². The molecule has 0 radical (unpaired) electrons. The first-order valence-electron chi connectivity index (χ1n) is 6.41. The Morgan fingerprint density at radius 3 is 2.75 bits per heavy atom. The fourth-order valence-electron chi connectivity index (χ4n) is 2.32. The molecule has 1 fully saturated rings. The van der Waals surface area contributed by atoms with E-state index in [1.54, 1.807) is 30.9 Å². The van der Waals surface area contributed by atoms with Crippen molar-refractivity contribution in [2.24, 2.45) is 0 Å². The van der Waals surface area contributed by atoms with Gasteiger partial charge < -0.3 is 16.0 Å². The van der Waals surface area contributed by atoms with Crippen molar-refractivity contribution in [1.82, 2.24) is 10.2 Å².